The van der Waals surface area contributed by atoms with Crippen LogP contribution in [0.4, 0.5) is 0 Å². The van der Waals surface area contributed by atoms with E-state index in [-0.39, 0.29) is 10.7 Å². The second-order valence-corrected chi connectivity index (χ2v) is 2.51. The second-order valence-electron chi connectivity index (χ2n) is 2.16. The minimum atomic E-state index is -0.553. The maximum absolute atomic E-state index is 10.6. The number of halogens is 1. The van der Waals surface area contributed by atoms with E-state index >= 15 is 0 Å². The molecule has 0 aliphatic rings. The standard InChI is InChI=1S/C7H5BClNO/c1-4-2-3-5(6(8)11)7(9)10-4/h2-3H,1H3. The molecule has 1 rings (SSSR count). The minimum absolute atomic E-state index is 0.164. The molecule has 0 fully saturated rings. The SMILES string of the molecule is [B]C(=O)c1ccc(C)nc1Cl. The topological polar surface area (TPSA) is 30.0 Å². The number of aromatic nitrogens is 1. The quantitative estimate of drug-likeness (QED) is 0.464. The van der Waals surface area contributed by atoms with Crippen molar-refractivity contribution in [1.29, 1.82) is 0 Å². The molecule has 1 aromatic heterocycles. The van der Waals surface area contributed by atoms with E-state index in [9.17, 15) is 4.79 Å². The van der Waals surface area contributed by atoms with Crippen LogP contribution in [0.15, 0.2) is 12.1 Å². The van der Waals surface area contributed by atoms with Gasteiger partial charge in [-0.3, -0.25) is 0 Å². The zero-order chi connectivity index (χ0) is 8.43. The maximum Gasteiger partial charge on any atom is 0.175 e. The highest BCUT2D eigenvalue weighted by Crippen LogP contribution is 2.12. The van der Waals surface area contributed by atoms with Gasteiger partial charge in [0.15, 0.2) is 7.85 Å². The molecule has 0 aliphatic carbocycles. The van der Waals surface area contributed by atoms with Gasteiger partial charge in [0.05, 0.1) is 0 Å². The van der Waals surface area contributed by atoms with Crippen LogP contribution < -0.4 is 0 Å². The summed E-state index contributed by atoms with van der Waals surface area (Å²) in [5, 5.41) is 0.164. The summed E-state index contributed by atoms with van der Waals surface area (Å²) in [5.41, 5.74) is 0.472. The molecule has 0 saturated heterocycles. The van der Waals surface area contributed by atoms with Crippen molar-refractivity contribution >= 4 is 25.1 Å². The molecule has 0 unspecified atom stereocenters. The third-order valence-corrected chi connectivity index (χ3v) is 1.54. The Labute approximate surface area is 71.0 Å². The third-order valence-electron chi connectivity index (χ3n) is 1.25. The molecule has 0 spiro atoms. The smallest absolute Gasteiger partial charge is 0.175 e. The van der Waals surface area contributed by atoms with E-state index in [2.05, 4.69) is 4.98 Å². The Morgan fingerprint density at radius 1 is 1.64 bits per heavy atom. The zero-order valence-electron chi connectivity index (χ0n) is 5.97. The van der Waals surface area contributed by atoms with E-state index in [0.717, 1.165) is 5.69 Å². The summed E-state index contributed by atoms with van der Waals surface area (Å²) in [4.78, 5) is 14.5. The number of aryl methyl sites for hydroxylation is 1. The van der Waals surface area contributed by atoms with Gasteiger partial charge >= 0.3 is 0 Å². The summed E-state index contributed by atoms with van der Waals surface area (Å²) in [6, 6.07) is 3.25. The van der Waals surface area contributed by atoms with Gasteiger partial charge < -0.3 is 4.79 Å². The number of carbonyl (C=O) groups is 1. The van der Waals surface area contributed by atoms with Gasteiger partial charge in [-0.15, -0.1) is 0 Å². The van der Waals surface area contributed by atoms with Crippen molar-refractivity contribution in [3.8, 4) is 0 Å². The lowest BCUT2D eigenvalue weighted by molar-refractivity contribution is 0.108. The van der Waals surface area contributed by atoms with Crippen molar-refractivity contribution in [2.45, 2.75) is 6.92 Å². The molecule has 0 amide bonds. The lowest BCUT2D eigenvalue weighted by atomic mass is 9.96. The van der Waals surface area contributed by atoms with E-state index in [1.54, 1.807) is 19.1 Å². The Morgan fingerprint density at radius 3 is 2.73 bits per heavy atom. The Bertz CT molecular complexity index is 300. The van der Waals surface area contributed by atoms with Gasteiger partial charge in [-0.05, 0) is 19.1 Å². The molecule has 0 aliphatic heterocycles. The highest BCUT2D eigenvalue weighted by molar-refractivity contribution is 6.63. The largest absolute Gasteiger partial charge is 0.307 e. The first-order valence-electron chi connectivity index (χ1n) is 3.04. The summed E-state index contributed by atoms with van der Waals surface area (Å²) in [6.45, 7) is 1.79. The molecule has 2 radical (unpaired) electrons. The first-order valence-corrected chi connectivity index (χ1v) is 3.42. The molecule has 2 nitrogen and oxygen atoms in total. The molecular formula is C7H5BClNO. The minimum Gasteiger partial charge on any atom is -0.307 e. The van der Waals surface area contributed by atoms with Gasteiger partial charge in [0, 0.05) is 11.3 Å². The van der Waals surface area contributed by atoms with E-state index in [1.165, 1.54) is 0 Å². The normalized spacial score (nSPS) is 9.64. The highest BCUT2D eigenvalue weighted by atomic mass is 35.5. The molecular weight excluding hydrogens is 160 g/mol. The van der Waals surface area contributed by atoms with Crippen LogP contribution in [0.2, 0.25) is 5.15 Å². The molecule has 0 saturated carbocycles. The van der Waals surface area contributed by atoms with Crippen LogP contribution in [0.5, 0.6) is 0 Å². The number of nitrogens with zero attached hydrogens (tertiary/aromatic N) is 1. The average Bonchev–Trinajstić information content (AvgIpc) is 1.85. The molecule has 1 heterocycles. The number of pyridine rings is 1. The summed E-state index contributed by atoms with van der Waals surface area (Å²) >= 11 is 5.61. The fourth-order valence-corrected chi connectivity index (χ4v) is 0.998. The van der Waals surface area contributed by atoms with Gasteiger partial charge in [0.1, 0.15) is 10.8 Å². The number of hydrogen-bond acceptors (Lipinski definition) is 2. The van der Waals surface area contributed by atoms with Gasteiger partial charge in [0.2, 0.25) is 0 Å². The Balaban J connectivity index is 3.20. The Hall–Kier alpha value is -0.825. The van der Waals surface area contributed by atoms with E-state index < -0.39 is 5.68 Å². The summed E-state index contributed by atoms with van der Waals surface area (Å²) in [5.74, 6) is 0. The predicted octanol–water partition coefficient (Wildman–Crippen LogP) is 1.35. The molecule has 0 aromatic carbocycles. The second kappa shape index (κ2) is 3.05. The van der Waals surface area contributed by atoms with Crippen LogP contribution in [0.25, 0.3) is 0 Å². The molecule has 0 atom stereocenters. The molecule has 4 heteroatoms. The highest BCUT2D eigenvalue weighted by Gasteiger charge is 2.04. The first kappa shape index (κ1) is 8.27. The van der Waals surface area contributed by atoms with Crippen LogP contribution in [-0.2, 0) is 0 Å². The fraction of sp³-hybridized carbons (Fsp3) is 0.143. The summed E-state index contributed by atoms with van der Waals surface area (Å²) in [7, 11) is 5.00. The number of carbonyl (C=O) groups excluding carboxylic acids is 1. The summed E-state index contributed by atoms with van der Waals surface area (Å²) < 4.78 is 0. The number of rotatable bonds is 1. The van der Waals surface area contributed by atoms with E-state index in [1.807, 2.05) is 0 Å². The van der Waals surface area contributed by atoms with Gasteiger partial charge in [-0.2, -0.15) is 0 Å². The Kier molecular flexibility index (Phi) is 2.30. The van der Waals surface area contributed by atoms with Crippen LogP contribution in [0, 0.1) is 6.92 Å². The van der Waals surface area contributed by atoms with E-state index in [0.29, 0.717) is 0 Å². The molecule has 0 N–H and O–H groups in total. The summed E-state index contributed by atoms with van der Waals surface area (Å²) in [6.07, 6.45) is 0. The average molecular weight is 165 g/mol. The van der Waals surface area contributed by atoms with Crippen LogP contribution in [-0.4, -0.2) is 18.5 Å². The molecule has 54 valence electrons. The lowest BCUT2D eigenvalue weighted by Gasteiger charge is -1.98. The van der Waals surface area contributed by atoms with Crippen molar-refractivity contribution in [2.75, 3.05) is 0 Å². The van der Waals surface area contributed by atoms with Crippen LogP contribution in [0.3, 0.4) is 0 Å². The van der Waals surface area contributed by atoms with Crippen molar-refractivity contribution < 1.29 is 4.79 Å². The van der Waals surface area contributed by atoms with E-state index in [4.69, 9.17) is 19.4 Å². The van der Waals surface area contributed by atoms with Gasteiger partial charge in [-0.1, -0.05) is 11.6 Å². The van der Waals surface area contributed by atoms with Crippen LogP contribution >= 0.6 is 11.6 Å². The monoisotopic (exact) mass is 165 g/mol. The maximum atomic E-state index is 10.6. The Morgan fingerprint density at radius 2 is 2.27 bits per heavy atom. The third kappa shape index (κ3) is 1.81. The van der Waals surface area contributed by atoms with Crippen molar-refractivity contribution in [3.05, 3.63) is 28.5 Å². The lowest BCUT2D eigenvalue weighted by Crippen LogP contribution is -2.00. The van der Waals surface area contributed by atoms with Crippen LogP contribution in [0.1, 0.15) is 16.1 Å². The first-order chi connectivity index (χ1) is 5.11. The predicted molar refractivity (Wildman–Crippen MR) is 44.1 cm³/mol. The molecule has 11 heavy (non-hydrogen) atoms. The zero-order valence-corrected chi connectivity index (χ0v) is 6.72. The molecule has 0 bridgehead atoms. The van der Waals surface area contributed by atoms with Crippen molar-refractivity contribution in [3.63, 3.8) is 0 Å². The molecule has 1 aromatic rings. The van der Waals surface area contributed by atoms with Gasteiger partial charge in [-0.25, -0.2) is 4.98 Å². The van der Waals surface area contributed by atoms with Crippen molar-refractivity contribution in [1.82, 2.24) is 4.98 Å². The fourth-order valence-electron chi connectivity index (χ4n) is 0.709. The number of hydrogen-bond donors (Lipinski definition) is 0. The van der Waals surface area contributed by atoms with Crippen molar-refractivity contribution in [2.24, 2.45) is 0 Å². The van der Waals surface area contributed by atoms with Gasteiger partial charge in [0.25, 0.3) is 0 Å².